The smallest absolute Gasteiger partial charge is 0.313 e. The van der Waals surface area contributed by atoms with E-state index in [1.54, 1.807) is 0 Å². The maximum absolute atomic E-state index is 12.0. The molecule has 2 aliphatic rings. The van der Waals surface area contributed by atoms with E-state index in [4.69, 9.17) is 14.2 Å². The first-order valence-electron chi connectivity index (χ1n) is 11.8. The highest BCUT2D eigenvalue weighted by molar-refractivity contribution is 5.78. The highest BCUT2D eigenvalue weighted by Crippen LogP contribution is 2.33. The van der Waals surface area contributed by atoms with Crippen molar-refractivity contribution in [2.24, 2.45) is 5.92 Å². The fourth-order valence-corrected chi connectivity index (χ4v) is 4.25. The summed E-state index contributed by atoms with van der Waals surface area (Å²) in [4.78, 5) is 12.0. The fraction of sp³-hybridized carbons (Fsp3) is 0.875. The molecule has 4 nitrogen and oxygen atoms in total. The van der Waals surface area contributed by atoms with Crippen LogP contribution in [0.3, 0.4) is 0 Å². The van der Waals surface area contributed by atoms with Crippen LogP contribution in [0.25, 0.3) is 0 Å². The zero-order chi connectivity index (χ0) is 20.0. The van der Waals surface area contributed by atoms with Gasteiger partial charge in [-0.1, -0.05) is 64.4 Å². The van der Waals surface area contributed by atoms with E-state index in [2.05, 4.69) is 13.5 Å². The van der Waals surface area contributed by atoms with E-state index in [1.807, 2.05) is 6.08 Å². The molecule has 162 valence electrons. The lowest BCUT2D eigenvalue weighted by Crippen LogP contribution is -2.47. The molecular weight excluding hydrogens is 352 g/mol. The molecule has 28 heavy (non-hydrogen) atoms. The molecule has 4 heteroatoms. The largest absolute Gasteiger partial charge is 0.461 e. The second-order valence-electron chi connectivity index (χ2n) is 8.50. The number of cyclic esters (lactones) is 1. The molecule has 2 heterocycles. The number of unbranched alkanes of at least 4 members (excludes halogenated alkanes) is 7. The van der Waals surface area contributed by atoms with Crippen LogP contribution in [0.5, 0.6) is 0 Å². The van der Waals surface area contributed by atoms with Crippen LogP contribution in [0.15, 0.2) is 12.7 Å². The van der Waals surface area contributed by atoms with Crippen molar-refractivity contribution in [3.8, 4) is 0 Å². The average molecular weight is 395 g/mol. The van der Waals surface area contributed by atoms with Crippen molar-refractivity contribution in [3.63, 3.8) is 0 Å². The molecule has 0 aliphatic carbocycles. The Morgan fingerprint density at radius 2 is 1.89 bits per heavy atom. The van der Waals surface area contributed by atoms with Gasteiger partial charge in [0, 0.05) is 13.0 Å². The summed E-state index contributed by atoms with van der Waals surface area (Å²) in [5.74, 6) is 0.0616. The van der Waals surface area contributed by atoms with Gasteiger partial charge >= 0.3 is 5.97 Å². The van der Waals surface area contributed by atoms with Crippen molar-refractivity contribution < 1.29 is 19.0 Å². The summed E-state index contributed by atoms with van der Waals surface area (Å²) in [6, 6.07) is 0. The summed E-state index contributed by atoms with van der Waals surface area (Å²) < 4.78 is 17.4. The van der Waals surface area contributed by atoms with E-state index >= 15 is 0 Å². The van der Waals surface area contributed by atoms with E-state index in [9.17, 15) is 4.79 Å². The fourth-order valence-electron chi connectivity index (χ4n) is 4.25. The Morgan fingerprint density at radius 1 is 1.14 bits per heavy atom. The third-order valence-electron chi connectivity index (χ3n) is 6.06. The van der Waals surface area contributed by atoms with Crippen molar-refractivity contribution in [2.75, 3.05) is 6.61 Å². The minimum Gasteiger partial charge on any atom is -0.461 e. The van der Waals surface area contributed by atoms with Gasteiger partial charge in [0.15, 0.2) is 6.29 Å². The number of carbonyl (C=O) groups excluding carboxylic acids is 1. The highest BCUT2D eigenvalue weighted by Gasteiger charge is 2.43. The van der Waals surface area contributed by atoms with Gasteiger partial charge in [0.05, 0.1) is 12.0 Å². The molecule has 0 spiro atoms. The number of allylic oxidation sites excluding steroid dienone is 1. The average Bonchev–Trinajstić information content (AvgIpc) is 2.71. The first-order valence-corrected chi connectivity index (χ1v) is 11.8. The summed E-state index contributed by atoms with van der Waals surface area (Å²) in [7, 11) is 0. The number of hydrogen-bond acceptors (Lipinski definition) is 4. The SMILES string of the molecule is C=CCCC(CC1OC(=O)C1CCCCCCCCCC)O[C@@H]1CCCCO1. The number of rotatable bonds is 16. The molecule has 0 bridgehead atoms. The van der Waals surface area contributed by atoms with Gasteiger partial charge in [0.25, 0.3) is 0 Å². The van der Waals surface area contributed by atoms with Gasteiger partial charge in [-0.25, -0.2) is 0 Å². The van der Waals surface area contributed by atoms with Crippen molar-refractivity contribution in [2.45, 2.75) is 122 Å². The quantitative estimate of drug-likeness (QED) is 0.174. The van der Waals surface area contributed by atoms with Crippen molar-refractivity contribution >= 4 is 5.97 Å². The second kappa shape index (κ2) is 14.2. The van der Waals surface area contributed by atoms with Crippen molar-refractivity contribution in [3.05, 3.63) is 12.7 Å². The standard InChI is InChI=1S/C24H42O4/c1-3-5-7-8-9-10-11-12-16-21-22(28-24(21)25)19-20(15-6-4-2)27-23-17-13-14-18-26-23/h4,20-23H,2-3,5-19H2,1H3/t20?,21?,22?,23-/m1/s1. The van der Waals surface area contributed by atoms with Gasteiger partial charge in [-0.3, -0.25) is 4.79 Å². The lowest BCUT2D eigenvalue weighted by molar-refractivity contribution is -0.210. The molecule has 0 aromatic rings. The number of carbonyl (C=O) groups is 1. The molecule has 0 N–H and O–H groups in total. The zero-order valence-electron chi connectivity index (χ0n) is 18.0. The number of hydrogen-bond donors (Lipinski definition) is 0. The normalized spacial score (nSPS) is 25.8. The van der Waals surface area contributed by atoms with Crippen LogP contribution in [0.2, 0.25) is 0 Å². The van der Waals surface area contributed by atoms with Gasteiger partial charge in [0.1, 0.15) is 6.10 Å². The van der Waals surface area contributed by atoms with E-state index < -0.39 is 0 Å². The third kappa shape index (κ3) is 8.65. The van der Waals surface area contributed by atoms with Crippen LogP contribution in [0.4, 0.5) is 0 Å². The molecule has 2 aliphatic heterocycles. The Balaban J connectivity index is 1.66. The van der Waals surface area contributed by atoms with Crippen LogP contribution in [0.1, 0.15) is 103 Å². The minimum atomic E-state index is -0.0921. The van der Waals surface area contributed by atoms with Crippen LogP contribution in [0, 0.1) is 5.92 Å². The number of ether oxygens (including phenoxy) is 3. The summed E-state index contributed by atoms with van der Waals surface area (Å²) >= 11 is 0. The van der Waals surface area contributed by atoms with Crippen LogP contribution in [-0.2, 0) is 19.0 Å². The van der Waals surface area contributed by atoms with E-state index in [0.717, 1.165) is 51.6 Å². The monoisotopic (exact) mass is 394 g/mol. The molecular formula is C24H42O4. The molecule has 0 saturated carbocycles. The maximum atomic E-state index is 12.0. The summed E-state index contributed by atoms with van der Waals surface area (Å²) in [6.45, 7) is 6.87. The highest BCUT2D eigenvalue weighted by atomic mass is 16.7. The van der Waals surface area contributed by atoms with Gasteiger partial charge < -0.3 is 14.2 Å². The van der Waals surface area contributed by atoms with Crippen LogP contribution >= 0.6 is 0 Å². The Hall–Kier alpha value is -0.870. The maximum Gasteiger partial charge on any atom is 0.313 e. The van der Waals surface area contributed by atoms with Crippen LogP contribution in [-0.4, -0.2) is 31.1 Å². The molecule has 2 fully saturated rings. The Bertz CT molecular complexity index is 430. The van der Waals surface area contributed by atoms with Crippen molar-refractivity contribution in [1.82, 2.24) is 0 Å². The molecule has 3 unspecified atom stereocenters. The van der Waals surface area contributed by atoms with Gasteiger partial charge in [-0.05, 0) is 38.5 Å². The molecule has 0 amide bonds. The molecule has 0 aromatic carbocycles. The van der Waals surface area contributed by atoms with Crippen LogP contribution < -0.4 is 0 Å². The van der Waals surface area contributed by atoms with Gasteiger partial charge in [0.2, 0.25) is 0 Å². The van der Waals surface area contributed by atoms with E-state index in [0.29, 0.717) is 0 Å². The predicted molar refractivity (Wildman–Crippen MR) is 113 cm³/mol. The Morgan fingerprint density at radius 3 is 2.54 bits per heavy atom. The number of esters is 1. The van der Waals surface area contributed by atoms with Gasteiger partial charge in [-0.2, -0.15) is 0 Å². The summed E-state index contributed by atoms with van der Waals surface area (Å²) in [5, 5.41) is 0. The molecule has 2 rings (SSSR count). The van der Waals surface area contributed by atoms with E-state index in [1.165, 1.54) is 51.4 Å². The summed E-state index contributed by atoms with van der Waals surface area (Å²) in [5.41, 5.74) is 0. The molecule has 0 radical (unpaired) electrons. The van der Waals surface area contributed by atoms with E-state index in [-0.39, 0.29) is 30.4 Å². The second-order valence-corrected chi connectivity index (χ2v) is 8.50. The first-order chi connectivity index (χ1) is 13.7. The summed E-state index contributed by atoms with van der Waals surface area (Å²) in [6.07, 6.45) is 19.2. The first kappa shape index (κ1) is 23.4. The Labute approximate surface area is 172 Å². The lowest BCUT2D eigenvalue weighted by Gasteiger charge is -2.38. The molecule has 2 saturated heterocycles. The molecule has 0 aromatic heterocycles. The van der Waals surface area contributed by atoms with Gasteiger partial charge in [-0.15, -0.1) is 6.58 Å². The topological polar surface area (TPSA) is 44.8 Å². The lowest BCUT2D eigenvalue weighted by atomic mass is 9.86. The van der Waals surface area contributed by atoms with Crippen molar-refractivity contribution in [1.29, 1.82) is 0 Å². The molecule has 4 atom stereocenters. The third-order valence-corrected chi connectivity index (χ3v) is 6.06. The Kier molecular flexibility index (Phi) is 11.8. The zero-order valence-corrected chi connectivity index (χ0v) is 18.0. The minimum absolute atomic E-state index is 0.00988. The predicted octanol–water partition coefficient (Wildman–Crippen LogP) is 6.33.